The zero-order chi connectivity index (χ0) is 10.1. The Bertz CT molecular complexity index is 335. The molecule has 0 aromatic carbocycles. The summed E-state index contributed by atoms with van der Waals surface area (Å²) < 4.78 is 4.92. The topological polar surface area (TPSA) is 67.2 Å². The first-order valence-electron chi connectivity index (χ1n) is 4.63. The average Bonchev–Trinajstić information content (AvgIpc) is 2.39. The zero-order valence-corrected chi connectivity index (χ0v) is 8.26. The van der Waals surface area contributed by atoms with Crippen molar-refractivity contribution in [2.24, 2.45) is 0 Å². The maximum atomic E-state index is 11.7. The zero-order valence-electron chi connectivity index (χ0n) is 8.26. The predicted octanol–water partition coefficient (Wildman–Crippen LogP) is -0.00696. The molecule has 0 atom stereocenters. The molecule has 1 fully saturated rings. The van der Waals surface area contributed by atoms with Crippen molar-refractivity contribution in [2.45, 2.75) is 19.9 Å². The Morgan fingerprint density at radius 2 is 2.29 bits per heavy atom. The Morgan fingerprint density at radius 1 is 1.57 bits per heavy atom. The van der Waals surface area contributed by atoms with Crippen LogP contribution in [0.4, 0.5) is 0 Å². The van der Waals surface area contributed by atoms with Gasteiger partial charge in [-0.2, -0.15) is 0 Å². The third-order valence-electron chi connectivity index (χ3n) is 2.38. The summed E-state index contributed by atoms with van der Waals surface area (Å²) >= 11 is 0. The van der Waals surface area contributed by atoms with E-state index in [1.54, 1.807) is 13.8 Å². The summed E-state index contributed by atoms with van der Waals surface area (Å²) in [6, 6.07) is 0.246. The summed E-state index contributed by atoms with van der Waals surface area (Å²) in [5.41, 5.74) is 1.21. The van der Waals surface area contributed by atoms with Crippen LogP contribution in [0.3, 0.4) is 0 Å². The molecule has 2 heterocycles. The van der Waals surface area contributed by atoms with Gasteiger partial charge in [0, 0.05) is 13.1 Å². The monoisotopic (exact) mass is 195 g/mol. The molecule has 76 valence electrons. The standard InChI is InChI=1S/C9H13N3O2/c1-5-8(6(2)14-12-5)9(13)11-7-3-10-4-7/h7,10H,3-4H2,1-2H3,(H,11,13). The van der Waals surface area contributed by atoms with Gasteiger partial charge in [-0.3, -0.25) is 4.79 Å². The van der Waals surface area contributed by atoms with Gasteiger partial charge in [0.15, 0.2) is 0 Å². The molecular weight excluding hydrogens is 182 g/mol. The fourth-order valence-electron chi connectivity index (χ4n) is 1.46. The Balaban J connectivity index is 2.09. The molecule has 1 saturated heterocycles. The molecule has 0 radical (unpaired) electrons. The third-order valence-corrected chi connectivity index (χ3v) is 2.38. The maximum absolute atomic E-state index is 11.7. The van der Waals surface area contributed by atoms with Crippen LogP contribution in [0.5, 0.6) is 0 Å². The normalized spacial score (nSPS) is 16.4. The number of hydrogen-bond donors (Lipinski definition) is 2. The first kappa shape index (κ1) is 9.21. The molecule has 1 aliphatic heterocycles. The quantitative estimate of drug-likeness (QED) is 0.696. The van der Waals surface area contributed by atoms with E-state index in [2.05, 4.69) is 15.8 Å². The van der Waals surface area contributed by atoms with Crippen molar-refractivity contribution in [3.63, 3.8) is 0 Å². The lowest BCUT2D eigenvalue weighted by atomic mass is 10.1. The highest BCUT2D eigenvalue weighted by Crippen LogP contribution is 2.12. The first-order valence-corrected chi connectivity index (χ1v) is 4.63. The van der Waals surface area contributed by atoms with Gasteiger partial charge in [-0.15, -0.1) is 0 Å². The number of nitrogens with zero attached hydrogens (tertiary/aromatic N) is 1. The Kier molecular flexibility index (Phi) is 2.25. The SMILES string of the molecule is Cc1noc(C)c1C(=O)NC1CNC1. The molecule has 1 amide bonds. The van der Waals surface area contributed by atoms with Crippen molar-refractivity contribution in [1.29, 1.82) is 0 Å². The second-order valence-electron chi connectivity index (χ2n) is 3.53. The molecule has 0 aliphatic carbocycles. The molecular formula is C9H13N3O2. The van der Waals surface area contributed by atoms with Crippen LogP contribution in [0.1, 0.15) is 21.8 Å². The van der Waals surface area contributed by atoms with Crippen LogP contribution in [0, 0.1) is 13.8 Å². The van der Waals surface area contributed by atoms with Crippen LogP contribution in [0.25, 0.3) is 0 Å². The number of aryl methyl sites for hydroxylation is 2. The highest BCUT2D eigenvalue weighted by Gasteiger charge is 2.23. The second-order valence-corrected chi connectivity index (χ2v) is 3.53. The highest BCUT2D eigenvalue weighted by atomic mass is 16.5. The van der Waals surface area contributed by atoms with Crippen molar-refractivity contribution in [3.05, 3.63) is 17.0 Å². The van der Waals surface area contributed by atoms with Crippen LogP contribution in [0.2, 0.25) is 0 Å². The van der Waals surface area contributed by atoms with E-state index in [0.29, 0.717) is 17.0 Å². The highest BCUT2D eigenvalue weighted by molar-refractivity contribution is 5.96. The lowest BCUT2D eigenvalue weighted by Gasteiger charge is -2.27. The summed E-state index contributed by atoms with van der Waals surface area (Å²) in [6.07, 6.45) is 0. The fourth-order valence-corrected chi connectivity index (χ4v) is 1.46. The van der Waals surface area contributed by atoms with Gasteiger partial charge in [0.25, 0.3) is 5.91 Å². The number of amides is 1. The Hall–Kier alpha value is -1.36. The summed E-state index contributed by atoms with van der Waals surface area (Å²) in [6.45, 7) is 5.20. The maximum Gasteiger partial charge on any atom is 0.257 e. The van der Waals surface area contributed by atoms with Gasteiger partial charge in [0.1, 0.15) is 11.3 Å². The minimum atomic E-state index is -0.0900. The van der Waals surface area contributed by atoms with Crippen molar-refractivity contribution in [2.75, 3.05) is 13.1 Å². The smallest absolute Gasteiger partial charge is 0.257 e. The molecule has 2 rings (SSSR count). The molecule has 0 saturated carbocycles. The third kappa shape index (κ3) is 1.50. The Morgan fingerprint density at radius 3 is 2.71 bits per heavy atom. The van der Waals surface area contributed by atoms with E-state index in [9.17, 15) is 4.79 Å². The largest absolute Gasteiger partial charge is 0.361 e. The predicted molar refractivity (Wildman–Crippen MR) is 50.1 cm³/mol. The molecule has 14 heavy (non-hydrogen) atoms. The molecule has 5 nitrogen and oxygen atoms in total. The van der Waals surface area contributed by atoms with E-state index in [-0.39, 0.29) is 11.9 Å². The minimum absolute atomic E-state index is 0.0900. The first-order chi connectivity index (χ1) is 6.68. The van der Waals surface area contributed by atoms with Crippen LogP contribution in [-0.2, 0) is 0 Å². The van der Waals surface area contributed by atoms with Gasteiger partial charge in [0.05, 0.1) is 11.7 Å². The molecule has 0 bridgehead atoms. The number of hydrogen-bond acceptors (Lipinski definition) is 4. The second kappa shape index (κ2) is 3.42. The van der Waals surface area contributed by atoms with Crippen LogP contribution < -0.4 is 10.6 Å². The van der Waals surface area contributed by atoms with Gasteiger partial charge >= 0.3 is 0 Å². The molecule has 5 heteroatoms. The van der Waals surface area contributed by atoms with E-state index >= 15 is 0 Å². The number of nitrogens with one attached hydrogen (secondary N) is 2. The molecule has 2 N–H and O–H groups in total. The summed E-state index contributed by atoms with van der Waals surface area (Å²) in [5, 5.41) is 9.72. The molecule has 0 spiro atoms. The van der Waals surface area contributed by atoms with Gasteiger partial charge in [-0.1, -0.05) is 5.16 Å². The molecule has 0 unspecified atom stereocenters. The van der Waals surface area contributed by atoms with Crippen molar-refractivity contribution in [1.82, 2.24) is 15.8 Å². The Labute approximate surface area is 81.8 Å². The van der Waals surface area contributed by atoms with Crippen LogP contribution >= 0.6 is 0 Å². The van der Waals surface area contributed by atoms with Crippen molar-refractivity contribution >= 4 is 5.91 Å². The molecule has 1 aromatic rings. The van der Waals surface area contributed by atoms with E-state index in [1.165, 1.54) is 0 Å². The summed E-state index contributed by atoms with van der Waals surface area (Å²) in [7, 11) is 0. The van der Waals surface area contributed by atoms with E-state index in [4.69, 9.17) is 4.52 Å². The summed E-state index contributed by atoms with van der Waals surface area (Å²) in [5.74, 6) is 0.486. The fraction of sp³-hybridized carbons (Fsp3) is 0.556. The van der Waals surface area contributed by atoms with Crippen molar-refractivity contribution in [3.8, 4) is 0 Å². The van der Waals surface area contributed by atoms with E-state index in [1.807, 2.05) is 0 Å². The number of carbonyl (C=O) groups excluding carboxylic acids is 1. The number of carbonyl (C=O) groups is 1. The lowest BCUT2D eigenvalue weighted by molar-refractivity contribution is 0.0922. The van der Waals surface area contributed by atoms with Crippen LogP contribution in [-0.4, -0.2) is 30.2 Å². The van der Waals surface area contributed by atoms with Gasteiger partial charge in [0.2, 0.25) is 0 Å². The van der Waals surface area contributed by atoms with E-state index < -0.39 is 0 Å². The number of aromatic nitrogens is 1. The van der Waals surface area contributed by atoms with Crippen LogP contribution in [0.15, 0.2) is 4.52 Å². The van der Waals surface area contributed by atoms with Crippen molar-refractivity contribution < 1.29 is 9.32 Å². The number of rotatable bonds is 2. The van der Waals surface area contributed by atoms with Gasteiger partial charge in [-0.05, 0) is 13.8 Å². The van der Waals surface area contributed by atoms with E-state index in [0.717, 1.165) is 13.1 Å². The molecule has 1 aromatic heterocycles. The average molecular weight is 195 g/mol. The minimum Gasteiger partial charge on any atom is -0.361 e. The summed E-state index contributed by atoms with van der Waals surface area (Å²) in [4.78, 5) is 11.7. The van der Waals surface area contributed by atoms with Gasteiger partial charge < -0.3 is 15.2 Å². The molecule has 1 aliphatic rings. The van der Waals surface area contributed by atoms with Gasteiger partial charge in [-0.25, -0.2) is 0 Å². The lowest BCUT2D eigenvalue weighted by Crippen LogP contribution is -2.57.